The van der Waals surface area contributed by atoms with Crippen molar-refractivity contribution in [3.8, 4) is 0 Å². The molecule has 0 spiro atoms. The molecule has 1 aromatic carbocycles. The van der Waals surface area contributed by atoms with Gasteiger partial charge in [-0.2, -0.15) is 0 Å². The smallest absolute Gasteiger partial charge is 0.400 e. The van der Waals surface area contributed by atoms with Crippen molar-refractivity contribution in [1.82, 2.24) is 0 Å². The number of ketones is 1. The van der Waals surface area contributed by atoms with E-state index < -0.39 is 18.3 Å². The van der Waals surface area contributed by atoms with Crippen LogP contribution in [0.5, 0.6) is 0 Å². The topological polar surface area (TPSA) is 52.6 Å². The van der Waals surface area contributed by atoms with Gasteiger partial charge in [0.15, 0.2) is 10.9 Å². The molecular weight excluding hydrogens is 371 g/mol. The highest BCUT2D eigenvalue weighted by molar-refractivity contribution is 8.13. The molecule has 0 N–H and O–H groups in total. The van der Waals surface area contributed by atoms with Gasteiger partial charge in [0.2, 0.25) is 0 Å². The maximum atomic E-state index is 11.5. The summed E-state index contributed by atoms with van der Waals surface area (Å²) < 4.78 is 12.2. The second-order valence-electron chi connectivity index (χ2n) is 7.38. The molecule has 1 fully saturated rings. The zero-order chi connectivity index (χ0) is 19.7. The van der Waals surface area contributed by atoms with Crippen molar-refractivity contribution in [2.24, 2.45) is 0 Å². The van der Waals surface area contributed by atoms with Crippen molar-refractivity contribution in [2.45, 2.75) is 52.7 Å². The first-order valence-corrected chi connectivity index (χ1v) is 9.79. The van der Waals surface area contributed by atoms with Crippen LogP contribution in [0.1, 0.15) is 57.5 Å². The molecule has 7 heteroatoms. The summed E-state index contributed by atoms with van der Waals surface area (Å²) in [6.07, 6.45) is 1.88. The van der Waals surface area contributed by atoms with Crippen molar-refractivity contribution in [3.05, 3.63) is 39.8 Å². The van der Waals surface area contributed by atoms with E-state index in [0.29, 0.717) is 16.3 Å². The summed E-state index contributed by atoms with van der Waals surface area (Å²) in [4.78, 5) is 23.0. The second kappa shape index (κ2) is 7.89. The number of carbonyl (C=O) groups is 2. The Morgan fingerprint density at radius 2 is 1.73 bits per heavy atom. The molecule has 1 heterocycles. The zero-order valence-electron chi connectivity index (χ0n) is 16.0. The van der Waals surface area contributed by atoms with Gasteiger partial charge in [-0.1, -0.05) is 41.6 Å². The molecule has 1 aliphatic heterocycles. The lowest BCUT2D eigenvalue weighted by Gasteiger charge is -2.32. The average molecular weight is 395 g/mol. The molecule has 0 amide bonds. The van der Waals surface area contributed by atoms with E-state index in [0.717, 1.165) is 11.0 Å². The number of rotatable bonds is 5. The molecule has 1 aliphatic rings. The van der Waals surface area contributed by atoms with Crippen LogP contribution in [-0.4, -0.2) is 35.0 Å². The maximum Gasteiger partial charge on any atom is 0.491 e. The number of Topliss-reactive ketones (excluding diaryl/α,β-unsaturated/α-hetero) is 1. The van der Waals surface area contributed by atoms with Crippen LogP contribution in [0.25, 0.3) is 6.08 Å². The molecule has 1 saturated heterocycles. The summed E-state index contributed by atoms with van der Waals surface area (Å²) in [5.41, 5.74) is 1.19. The quantitative estimate of drug-likeness (QED) is 0.528. The molecule has 2 rings (SSSR count). The van der Waals surface area contributed by atoms with Gasteiger partial charge >= 0.3 is 7.12 Å². The SMILES string of the molecule is CC(=O)SCC(=Cc1ccc(C(C)=O)cc1Cl)B1OC(C)(C)C(C)(C)O1. The summed E-state index contributed by atoms with van der Waals surface area (Å²) in [6.45, 7) is 11.0. The summed E-state index contributed by atoms with van der Waals surface area (Å²) in [6, 6.07) is 5.18. The Balaban J connectivity index is 2.38. The molecule has 140 valence electrons. The summed E-state index contributed by atoms with van der Waals surface area (Å²) in [7, 11) is -0.560. The Morgan fingerprint density at radius 1 is 1.15 bits per heavy atom. The second-order valence-corrected chi connectivity index (χ2v) is 8.94. The van der Waals surface area contributed by atoms with Crippen molar-refractivity contribution in [3.63, 3.8) is 0 Å². The molecule has 0 unspecified atom stereocenters. The molecule has 1 aromatic rings. The third-order valence-corrected chi connectivity index (χ3v) is 5.96. The van der Waals surface area contributed by atoms with Gasteiger partial charge < -0.3 is 9.31 Å². The monoisotopic (exact) mass is 394 g/mol. The zero-order valence-corrected chi connectivity index (χ0v) is 17.6. The number of benzene rings is 1. The summed E-state index contributed by atoms with van der Waals surface area (Å²) in [5, 5.41) is 0.491. The fraction of sp³-hybridized carbons (Fsp3) is 0.474. The average Bonchev–Trinajstić information content (AvgIpc) is 2.72. The van der Waals surface area contributed by atoms with E-state index in [1.807, 2.05) is 33.8 Å². The Labute approximate surface area is 164 Å². The highest BCUT2D eigenvalue weighted by Crippen LogP contribution is 2.39. The lowest BCUT2D eigenvalue weighted by atomic mass is 9.78. The number of hydrogen-bond acceptors (Lipinski definition) is 5. The van der Waals surface area contributed by atoms with E-state index in [4.69, 9.17) is 20.9 Å². The lowest BCUT2D eigenvalue weighted by Crippen LogP contribution is -2.41. The fourth-order valence-corrected chi connectivity index (χ4v) is 3.24. The number of thioether (sulfide) groups is 1. The van der Waals surface area contributed by atoms with Crippen LogP contribution in [0.15, 0.2) is 23.7 Å². The van der Waals surface area contributed by atoms with Gasteiger partial charge in [0.1, 0.15) is 0 Å². The molecule has 0 radical (unpaired) electrons. The van der Waals surface area contributed by atoms with Crippen LogP contribution in [-0.2, 0) is 14.1 Å². The largest absolute Gasteiger partial charge is 0.491 e. The predicted molar refractivity (Wildman–Crippen MR) is 109 cm³/mol. The van der Waals surface area contributed by atoms with Crippen LogP contribution >= 0.6 is 23.4 Å². The van der Waals surface area contributed by atoms with E-state index in [1.165, 1.54) is 25.6 Å². The Bertz CT molecular complexity index is 742. The Morgan fingerprint density at radius 3 is 2.19 bits per heavy atom. The van der Waals surface area contributed by atoms with Crippen LogP contribution in [0, 0.1) is 0 Å². The normalized spacial score (nSPS) is 18.9. The molecule has 4 nitrogen and oxygen atoms in total. The van der Waals surface area contributed by atoms with Crippen LogP contribution in [0.2, 0.25) is 5.02 Å². The van der Waals surface area contributed by atoms with Gasteiger partial charge in [-0.3, -0.25) is 9.59 Å². The lowest BCUT2D eigenvalue weighted by molar-refractivity contribution is -0.109. The van der Waals surface area contributed by atoms with Gasteiger partial charge in [0.25, 0.3) is 0 Å². The van der Waals surface area contributed by atoms with Gasteiger partial charge in [0.05, 0.1) is 11.2 Å². The molecule has 0 aliphatic carbocycles. The van der Waals surface area contributed by atoms with Crippen LogP contribution < -0.4 is 0 Å². The van der Waals surface area contributed by atoms with Crippen LogP contribution in [0.3, 0.4) is 0 Å². The molecule has 0 aromatic heterocycles. The summed E-state index contributed by atoms with van der Waals surface area (Å²) >= 11 is 7.54. The minimum Gasteiger partial charge on any atom is -0.400 e. The van der Waals surface area contributed by atoms with Crippen molar-refractivity contribution in [1.29, 1.82) is 0 Å². The first-order valence-electron chi connectivity index (χ1n) is 8.43. The predicted octanol–water partition coefficient (Wildman–Crippen LogP) is 4.84. The van der Waals surface area contributed by atoms with E-state index in [9.17, 15) is 9.59 Å². The summed E-state index contributed by atoms with van der Waals surface area (Å²) in [5.74, 6) is 0.400. The molecule has 0 saturated carbocycles. The third-order valence-electron chi connectivity index (χ3n) is 4.75. The van der Waals surface area contributed by atoms with Crippen molar-refractivity contribution in [2.75, 3.05) is 5.75 Å². The van der Waals surface area contributed by atoms with Crippen molar-refractivity contribution >= 4 is 47.5 Å². The van der Waals surface area contributed by atoms with E-state index in [-0.39, 0.29) is 10.9 Å². The number of halogens is 1. The van der Waals surface area contributed by atoms with Crippen molar-refractivity contribution < 1.29 is 18.9 Å². The third kappa shape index (κ3) is 4.80. The van der Waals surface area contributed by atoms with E-state index >= 15 is 0 Å². The van der Waals surface area contributed by atoms with Gasteiger partial charge in [0, 0.05) is 23.3 Å². The maximum absolute atomic E-state index is 11.5. The van der Waals surface area contributed by atoms with E-state index in [2.05, 4.69) is 0 Å². The number of carbonyl (C=O) groups excluding carboxylic acids is 2. The Kier molecular flexibility index (Phi) is 6.44. The number of hydrogen-bond donors (Lipinski definition) is 0. The minimum atomic E-state index is -0.560. The standard InChI is InChI=1S/C19H24BClO4S/c1-12(22)14-7-8-15(17(21)10-14)9-16(11-26-13(2)23)20-24-18(3,4)19(5,6)25-20/h7-10H,11H2,1-6H3. The van der Waals surface area contributed by atoms with Gasteiger partial charge in [-0.05, 0) is 51.7 Å². The van der Waals surface area contributed by atoms with Crippen LogP contribution in [0.4, 0.5) is 0 Å². The molecule has 0 bridgehead atoms. The first kappa shape index (κ1) is 21.2. The molecule has 26 heavy (non-hydrogen) atoms. The minimum absolute atomic E-state index is 0.0189. The highest BCUT2D eigenvalue weighted by atomic mass is 35.5. The highest BCUT2D eigenvalue weighted by Gasteiger charge is 2.52. The van der Waals surface area contributed by atoms with Gasteiger partial charge in [-0.25, -0.2) is 0 Å². The first-order chi connectivity index (χ1) is 11.9. The molecular formula is C19H24BClO4S. The van der Waals surface area contributed by atoms with Gasteiger partial charge in [-0.15, -0.1) is 0 Å². The van der Waals surface area contributed by atoms with E-state index in [1.54, 1.807) is 18.2 Å². The Hall–Kier alpha value is -1.08. The molecule has 0 atom stereocenters. The fourth-order valence-electron chi connectivity index (χ4n) is 2.42.